The Balaban J connectivity index is 1.73. The summed E-state index contributed by atoms with van der Waals surface area (Å²) >= 11 is 0. The van der Waals surface area contributed by atoms with E-state index in [9.17, 15) is 74.4 Å². The Hall–Kier alpha value is -5.09. The summed E-state index contributed by atoms with van der Waals surface area (Å²) in [6.45, 7) is 6.57. The van der Waals surface area contributed by atoms with Gasteiger partial charge in [0.2, 0.25) is 41.4 Å². The van der Waals surface area contributed by atoms with E-state index in [2.05, 4.69) is 52.7 Å². The minimum absolute atomic E-state index is 0.0202. The van der Waals surface area contributed by atoms with Crippen LogP contribution < -0.4 is 43.4 Å². The number of hydrogen-bond donors (Lipinski definition) is 16. The van der Waals surface area contributed by atoms with Gasteiger partial charge in [0.15, 0.2) is 0 Å². The van der Waals surface area contributed by atoms with Gasteiger partial charge >= 0.3 is 0 Å². The standard InChI is InChI=1S/C52H88N10O15/c1-5-28(2)22-29(3)12-10-8-6-7-9-11-13-40(69)56-35-25-39(68)46(55-21-20-54)60-49(74)37-24-34(66)27-62(37)52(77)42(38(67)18-19-53)58-50(75)43(45(71)44(70)31-14-16-32(64)17-15-31)59-48(73)36-23-33(65)26-61(36)51(76)41(30(4)63)57-47(35)72/h14-17,28-30,33-39,41-46,55,63-68,70-71H,5-13,18-27,53-54H2,1-4H3,(H,56,69)(H,57,72)(H,58,75)(H,59,73)(H,60,74)/t28?,29?,30-,33-,34-,35+,36+,37+,38-,39-,41+,42+,43+,44+,45+,46+/m1/s1. The van der Waals surface area contributed by atoms with Crippen LogP contribution in [0.1, 0.15) is 129 Å². The number of phenolic OH excluding ortho intramolecular Hbond substituents is 1. The topological polar surface area (TPSA) is 412 Å². The van der Waals surface area contributed by atoms with Crippen molar-refractivity contribution in [2.75, 3.05) is 32.7 Å². The average molecular weight is 1090 g/mol. The predicted octanol–water partition coefficient (Wildman–Crippen LogP) is -3.31. The van der Waals surface area contributed by atoms with E-state index in [0.717, 1.165) is 55.2 Å². The third kappa shape index (κ3) is 19.1. The second-order valence-corrected chi connectivity index (χ2v) is 21.3. The summed E-state index contributed by atoms with van der Waals surface area (Å²) in [5, 5.41) is 104. The molecular formula is C52H88N10O15. The van der Waals surface area contributed by atoms with E-state index in [1.165, 1.54) is 30.7 Å². The molecule has 1 aromatic carbocycles. The van der Waals surface area contributed by atoms with Gasteiger partial charge in [-0.15, -0.1) is 0 Å². The van der Waals surface area contributed by atoms with Crippen LogP contribution in [-0.2, 0) is 33.6 Å². The molecule has 0 radical (unpaired) electrons. The number of carbonyl (C=O) groups is 7. The highest BCUT2D eigenvalue weighted by Gasteiger charge is 2.48. The lowest BCUT2D eigenvalue weighted by Crippen LogP contribution is -2.64. The van der Waals surface area contributed by atoms with Crippen LogP contribution in [0.2, 0.25) is 0 Å². The maximum absolute atomic E-state index is 14.6. The third-order valence-electron chi connectivity index (χ3n) is 14.8. The van der Waals surface area contributed by atoms with E-state index >= 15 is 0 Å². The van der Waals surface area contributed by atoms with Crippen molar-refractivity contribution in [3.63, 3.8) is 0 Å². The van der Waals surface area contributed by atoms with Crippen molar-refractivity contribution in [3.05, 3.63) is 29.8 Å². The van der Waals surface area contributed by atoms with Crippen LogP contribution >= 0.6 is 0 Å². The number of rotatable bonds is 23. The zero-order chi connectivity index (χ0) is 57.1. The molecule has 7 amide bonds. The first-order chi connectivity index (χ1) is 36.5. The second kappa shape index (κ2) is 31.5. The maximum Gasteiger partial charge on any atom is 0.248 e. The van der Waals surface area contributed by atoms with E-state index < -0.39 is 152 Å². The van der Waals surface area contributed by atoms with Crippen molar-refractivity contribution in [2.45, 2.75) is 203 Å². The first-order valence-electron chi connectivity index (χ1n) is 27.3. The molecule has 3 heterocycles. The quantitative estimate of drug-likeness (QED) is 0.0477. The SMILES string of the molecule is CCC(C)CC(C)CCCCCCCCC(=O)N[C@H]1C[C@@H](O)[C@@H](NCCN)NC(=O)[C@@H]2C[C@@H](O)CN2C(=O)[C@H]([C@H](O)CCN)NC(=O)[C@H]([C@H](O)[C@@H](O)c2ccc(O)cc2)NC(=O)[C@@H]2C[C@@H](O)CN2C(=O)[C@H]([C@@H](C)O)NC1=O. The molecule has 25 heteroatoms. The molecule has 77 heavy (non-hydrogen) atoms. The summed E-state index contributed by atoms with van der Waals surface area (Å²) in [4.78, 5) is 102. The number of aromatic hydroxyl groups is 1. The van der Waals surface area contributed by atoms with Crippen LogP contribution in [0, 0.1) is 11.8 Å². The van der Waals surface area contributed by atoms with Crippen LogP contribution in [0.3, 0.4) is 0 Å². The van der Waals surface area contributed by atoms with Crippen LogP contribution in [0.4, 0.5) is 0 Å². The Morgan fingerprint density at radius 3 is 1.79 bits per heavy atom. The van der Waals surface area contributed by atoms with Crippen molar-refractivity contribution in [1.29, 1.82) is 0 Å². The normalized spacial score (nSPS) is 28.6. The molecule has 1 aromatic rings. The van der Waals surface area contributed by atoms with Crippen molar-refractivity contribution < 1.29 is 74.4 Å². The molecule has 18 N–H and O–H groups in total. The van der Waals surface area contributed by atoms with Crippen molar-refractivity contribution >= 4 is 41.4 Å². The number of fused-ring (bicyclic) bond motifs is 2. The Bertz CT molecular complexity index is 2070. The number of unbranched alkanes of at least 4 members (excludes halogenated alkanes) is 5. The summed E-state index contributed by atoms with van der Waals surface area (Å²) in [7, 11) is 0. The molecule has 436 valence electrons. The number of aliphatic hydroxyl groups excluding tert-OH is 7. The van der Waals surface area contributed by atoms with Crippen LogP contribution in [0.15, 0.2) is 24.3 Å². The number of amides is 7. The zero-order valence-electron chi connectivity index (χ0n) is 45.0. The third-order valence-corrected chi connectivity index (χ3v) is 14.8. The summed E-state index contributed by atoms with van der Waals surface area (Å²) in [6, 6.07) is -6.18. The van der Waals surface area contributed by atoms with Crippen LogP contribution in [0.25, 0.3) is 0 Å². The van der Waals surface area contributed by atoms with E-state index in [1.54, 1.807) is 0 Å². The first-order valence-corrected chi connectivity index (χ1v) is 27.3. The van der Waals surface area contributed by atoms with Crippen LogP contribution in [-0.4, -0.2) is 204 Å². The predicted molar refractivity (Wildman–Crippen MR) is 280 cm³/mol. The van der Waals surface area contributed by atoms with Crippen LogP contribution in [0.5, 0.6) is 5.75 Å². The number of aliphatic hydroxyl groups is 7. The lowest BCUT2D eigenvalue weighted by molar-refractivity contribution is -0.147. The highest BCUT2D eigenvalue weighted by Crippen LogP contribution is 2.27. The fourth-order valence-electron chi connectivity index (χ4n) is 10.2. The number of hydrogen-bond acceptors (Lipinski definition) is 18. The zero-order valence-corrected chi connectivity index (χ0v) is 45.0. The molecule has 3 aliphatic heterocycles. The molecule has 0 aromatic heterocycles. The molecule has 25 nitrogen and oxygen atoms in total. The molecule has 0 aliphatic carbocycles. The number of nitrogens with zero attached hydrogens (tertiary/aromatic N) is 2. The molecule has 3 fully saturated rings. The first kappa shape index (κ1) is 64.4. The Morgan fingerprint density at radius 1 is 0.675 bits per heavy atom. The summed E-state index contributed by atoms with van der Waals surface area (Å²) in [5.74, 6) is -6.33. The van der Waals surface area contributed by atoms with Crippen molar-refractivity contribution in [3.8, 4) is 5.75 Å². The summed E-state index contributed by atoms with van der Waals surface area (Å²) in [5.41, 5.74) is 11.5. The molecular weight excluding hydrogens is 1000 g/mol. The van der Waals surface area contributed by atoms with Gasteiger partial charge in [-0.3, -0.25) is 38.9 Å². The van der Waals surface area contributed by atoms with Gasteiger partial charge in [0, 0.05) is 51.9 Å². The summed E-state index contributed by atoms with van der Waals surface area (Å²) in [6.07, 6.45) is -6.83. The van der Waals surface area contributed by atoms with Crippen molar-refractivity contribution in [1.82, 2.24) is 41.7 Å². The van der Waals surface area contributed by atoms with Gasteiger partial charge in [0.1, 0.15) is 60.4 Å². The maximum atomic E-state index is 14.6. The number of nitrogens with two attached hydrogens (primary N) is 2. The molecule has 16 atom stereocenters. The molecule has 0 bridgehead atoms. The van der Waals surface area contributed by atoms with E-state index in [0.29, 0.717) is 24.7 Å². The summed E-state index contributed by atoms with van der Waals surface area (Å²) < 4.78 is 0. The minimum atomic E-state index is -2.28. The van der Waals surface area contributed by atoms with Gasteiger partial charge in [-0.05, 0) is 62.3 Å². The molecule has 0 saturated carbocycles. The molecule has 0 spiro atoms. The molecule has 2 unspecified atom stereocenters. The largest absolute Gasteiger partial charge is 0.508 e. The van der Waals surface area contributed by atoms with E-state index in [-0.39, 0.29) is 50.2 Å². The Labute approximate surface area is 450 Å². The average Bonchev–Trinajstić information content (AvgIpc) is 3.99. The second-order valence-electron chi connectivity index (χ2n) is 21.3. The monoisotopic (exact) mass is 1090 g/mol. The van der Waals surface area contributed by atoms with E-state index in [4.69, 9.17) is 11.5 Å². The van der Waals surface area contributed by atoms with E-state index in [1.807, 2.05) is 0 Å². The van der Waals surface area contributed by atoms with Gasteiger partial charge in [0.25, 0.3) is 0 Å². The number of phenols is 1. The van der Waals surface area contributed by atoms with Gasteiger partial charge in [-0.25, -0.2) is 0 Å². The molecule has 3 saturated heterocycles. The minimum Gasteiger partial charge on any atom is -0.508 e. The molecule has 4 rings (SSSR count). The number of nitrogens with one attached hydrogen (secondary N) is 6. The Morgan fingerprint density at radius 2 is 1.22 bits per heavy atom. The Kier molecular flexibility index (Phi) is 26.4. The van der Waals surface area contributed by atoms with Gasteiger partial charge in [0.05, 0.1) is 30.5 Å². The lowest BCUT2D eigenvalue weighted by Gasteiger charge is -2.34. The number of benzene rings is 1. The van der Waals surface area contributed by atoms with Gasteiger partial charge in [-0.2, -0.15) is 0 Å². The molecule has 3 aliphatic rings. The fraction of sp³-hybridized carbons (Fsp3) is 0.750. The highest BCUT2D eigenvalue weighted by atomic mass is 16.3. The van der Waals surface area contributed by atoms with Gasteiger partial charge < -0.3 is 88.7 Å². The fourth-order valence-corrected chi connectivity index (χ4v) is 10.2. The number of carbonyl (C=O) groups excluding carboxylic acids is 7. The highest BCUT2D eigenvalue weighted by molar-refractivity contribution is 5.98. The van der Waals surface area contributed by atoms with Crippen molar-refractivity contribution in [2.24, 2.45) is 23.3 Å². The van der Waals surface area contributed by atoms with Gasteiger partial charge in [-0.1, -0.05) is 77.8 Å². The smallest absolute Gasteiger partial charge is 0.248 e. The lowest BCUT2D eigenvalue weighted by atomic mass is 9.91.